The Morgan fingerprint density at radius 2 is 1.64 bits per heavy atom. The Kier molecular flexibility index (Phi) is 5.63. The van der Waals surface area contributed by atoms with Crippen molar-refractivity contribution in [2.24, 2.45) is 0 Å². The van der Waals surface area contributed by atoms with Gasteiger partial charge in [0.25, 0.3) is 5.56 Å². The first-order valence-electron chi connectivity index (χ1n) is 11.4. The van der Waals surface area contributed by atoms with Gasteiger partial charge in [-0.1, -0.05) is 78.1 Å². The number of thiazole rings is 1. The topological polar surface area (TPSA) is 74.3 Å². The summed E-state index contributed by atoms with van der Waals surface area (Å²) in [5.74, 6) is 1.24. The lowest BCUT2D eigenvalue weighted by Crippen LogP contribution is -2.24. The number of ether oxygens (including phenoxy) is 1. The van der Waals surface area contributed by atoms with Gasteiger partial charge in [0.2, 0.25) is 4.96 Å². The largest absolute Gasteiger partial charge is 0.485 e. The summed E-state index contributed by atoms with van der Waals surface area (Å²) < 4.78 is 9.56. The number of benzene rings is 3. The minimum absolute atomic E-state index is 0.194. The van der Waals surface area contributed by atoms with Crippen molar-refractivity contribution in [3.63, 3.8) is 0 Å². The predicted octanol–water partition coefficient (Wildman–Crippen LogP) is 4.44. The molecule has 0 atom stereocenters. The van der Waals surface area contributed by atoms with Gasteiger partial charge in [-0.3, -0.25) is 4.79 Å². The van der Waals surface area contributed by atoms with Crippen molar-refractivity contribution in [3.8, 4) is 22.7 Å². The van der Waals surface area contributed by atoms with E-state index in [-0.39, 0.29) is 12.2 Å². The van der Waals surface area contributed by atoms with E-state index in [9.17, 15) is 4.79 Å². The Morgan fingerprint density at radius 3 is 2.39 bits per heavy atom. The average Bonchev–Trinajstić information content (AvgIpc) is 3.60. The number of rotatable bonds is 6. The van der Waals surface area contributed by atoms with E-state index in [1.54, 1.807) is 0 Å². The number of fused-ring (bicyclic) bond motifs is 1. The van der Waals surface area contributed by atoms with E-state index >= 15 is 0 Å². The van der Waals surface area contributed by atoms with Crippen molar-refractivity contribution >= 4 is 22.4 Å². The third kappa shape index (κ3) is 4.18. The molecule has 0 aliphatic carbocycles. The van der Waals surface area contributed by atoms with E-state index in [4.69, 9.17) is 9.84 Å². The van der Waals surface area contributed by atoms with Crippen molar-refractivity contribution in [1.29, 1.82) is 0 Å². The van der Waals surface area contributed by atoms with Gasteiger partial charge in [-0.05, 0) is 36.8 Å². The van der Waals surface area contributed by atoms with Crippen LogP contribution in [0.15, 0.2) is 95.9 Å². The van der Waals surface area contributed by atoms with Gasteiger partial charge in [-0.2, -0.15) is 14.6 Å². The van der Waals surface area contributed by atoms with Crippen LogP contribution in [0.3, 0.4) is 0 Å². The normalized spacial score (nSPS) is 11.9. The summed E-state index contributed by atoms with van der Waals surface area (Å²) in [6.45, 7) is 2.18. The molecule has 0 saturated heterocycles. The quantitative estimate of drug-likeness (QED) is 0.344. The van der Waals surface area contributed by atoms with Gasteiger partial charge in [0.15, 0.2) is 5.82 Å². The molecule has 0 unspecified atom stereocenters. The fourth-order valence-corrected chi connectivity index (χ4v) is 4.88. The zero-order chi connectivity index (χ0) is 24.5. The Bertz CT molecular complexity index is 1770. The number of aromatic nitrogens is 5. The van der Waals surface area contributed by atoms with Crippen LogP contribution >= 0.6 is 11.3 Å². The minimum Gasteiger partial charge on any atom is -0.485 e. The van der Waals surface area contributed by atoms with Crippen LogP contribution in [0.1, 0.15) is 17.0 Å². The predicted molar refractivity (Wildman–Crippen MR) is 140 cm³/mol. The summed E-state index contributed by atoms with van der Waals surface area (Å²) in [6.07, 6.45) is 3.80. The highest BCUT2D eigenvalue weighted by Gasteiger charge is 2.14. The van der Waals surface area contributed by atoms with Crippen molar-refractivity contribution in [2.75, 3.05) is 0 Å². The Morgan fingerprint density at radius 1 is 0.917 bits per heavy atom. The SMILES string of the molecule is Cc1ccccc1OCc1nc2sc(=Cc3cn(-c4ccccc4)nc3-c3ccccc3)c(=O)n2n1. The molecule has 0 aliphatic heterocycles. The van der Waals surface area contributed by atoms with Crippen molar-refractivity contribution in [3.05, 3.63) is 123 Å². The molecule has 0 N–H and O–H groups in total. The highest BCUT2D eigenvalue weighted by Crippen LogP contribution is 2.24. The van der Waals surface area contributed by atoms with Crippen LogP contribution in [-0.2, 0) is 6.61 Å². The van der Waals surface area contributed by atoms with Crippen LogP contribution in [0.4, 0.5) is 0 Å². The monoisotopic (exact) mass is 491 g/mol. The van der Waals surface area contributed by atoms with E-state index < -0.39 is 0 Å². The molecule has 0 fully saturated rings. The molecule has 176 valence electrons. The fraction of sp³-hybridized carbons (Fsp3) is 0.0714. The molecule has 8 heteroatoms. The second-order valence-corrected chi connectivity index (χ2v) is 9.28. The van der Waals surface area contributed by atoms with Crippen LogP contribution in [-0.4, -0.2) is 24.4 Å². The molecule has 7 nitrogen and oxygen atoms in total. The molecule has 6 aromatic rings. The summed E-state index contributed by atoms with van der Waals surface area (Å²) in [7, 11) is 0. The maximum absolute atomic E-state index is 13.2. The van der Waals surface area contributed by atoms with Gasteiger partial charge < -0.3 is 4.74 Å². The molecule has 0 saturated carbocycles. The Labute approximate surface area is 210 Å². The molecular formula is C28H21N5O2S. The molecule has 0 spiro atoms. The third-order valence-electron chi connectivity index (χ3n) is 5.77. The zero-order valence-electron chi connectivity index (χ0n) is 19.4. The van der Waals surface area contributed by atoms with Gasteiger partial charge in [0.05, 0.1) is 15.9 Å². The van der Waals surface area contributed by atoms with Gasteiger partial charge in [0, 0.05) is 17.3 Å². The molecule has 36 heavy (non-hydrogen) atoms. The van der Waals surface area contributed by atoms with Gasteiger partial charge in [0.1, 0.15) is 12.4 Å². The van der Waals surface area contributed by atoms with Crippen molar-refractivity contribution in [1.82, 2.24) is 24.4 Å². The van der Waals surface area contributed by atoms with Crippen molar-refractivity contribution in [2.45, 2.75) is 13.5 Å². The first-order valence-corrected chi connectivity index (χ1v) is 12.3. The molecule has 0 bridgehead atoms. The second kappa shape index (κ2) is 9.24. The summed E-state index contributed by atoms with van der Waals surface area (Å²) in [5, 5.41) is 9.22. The maximum atomic E-state index is 13.2. The zero-order valence-corrected chi connectivity index (χ0v) is 20.2. The maximum Gasteiger partial charge on any atom is 0.291 e. The molecule has 0 amide bonds. The summed E-state index contributed by atoms with van der Waals surface area (Å²) >= 11 is 1.30. The Hall–Kier alpha value is -4.56. The van der Waals surface area contributed by atoms with E-state index in [0.717, 1.165) is 33.8 Å². The average molecular weight is 492 g/mol. The van der Waals surface area contributed by atoms with Crippen LogP contribution < -0.4 is 14.8 Å². The first kappa shape index (κ1) is 21.9. The number of hydrogen-bond acceptors (Lipinski definition) is 6. The van der Waals surface area contributed by atoms with Crippen LogP contribution in [0.25, 0.3) is 28.0 Å². The fourth-order valence-electron chi connectivity index (χ4n) is 3.96. The second-order valence-electron chi connectivity index (χ2n) is 8.27. The Balaban J connectivity index is 1.37. The summed E-state index contributed by atoms with van der Waals surface area (Å²) in [6, 6.07) is 27.6. The highest BCUT2D eigenvalue weighted by molar-refractivity contribution is 7.15. The van der Waals surface area contributed by atoms with Gasteiger partial charge >= 0.3 is 0 Å². The molecule has 3 aromatic heterocycles. The summed E-state index contributed by atoms with van der Waals surface area (Å²) in [4.78, 5) is 18.2. The number of hydrogen-bond donors (Lipinski definition) is 0. The minimum atomic E-state index is -0.212. The number of para-hydroxylation sites is 2. The van der Waals surface area contributed by atoms with Crippen molar-refractivity contribution < 1.29 is 4.74 Å². The van der Waals surface area contributed by atoms with E-state index in [1.807, 2.05) is 109 Å². The highest BCUT2D eigenvalue weighted by atomic mass is 32.1. The molecule has 6 rings (SSSR count). The standard InChI is InChI=1S/C28H21N5O2S/c1-19-10-8-9-15-23(19)35-18-25-29-28-33(30-25)27(34)24(36-28)16-21-17-32(22-13-6-3-7-14-22)31-26(21)20-11-4-2-5-12-20/h2-17H,18H2,1H3. The lowest BCUT2D eigenvalue weighted by Gasteiger charge is -2.05. The molecule has 3 heterocycles. The molecule has 0 aliphatic rings. The van der Waals surface area contributed by atoms with Crippen LogP contribution in [0, 0.1) is 6.92 Å². The third-order valence-corrected chi connectivity index (χ3v) is 6.73. The summed E-state index contributed by atoms with van der Waals surface area (Å²) in [5.41, 5.74) is 4.37. The van der Waals surface area contributed by atoms with E-state index in [1.165, 1.54) is 15.9 Å². The van der Waals surface area contributed by atoms with Crippen LogP contribution in [0.5, 0.6) is 5.75 Å². The van der Waals surface area contributed by atoms with Gasteiger partial charge in [-0.15, -0.1) is 5.10 Å². The van der Waals surface area contributed by atoms with Gasteiger partial charge in [-0.25, -0.2) is 4.68 Å². The molecule has 0 radical (unpaired) electrons. The molecule has 3 aromatic carbocycles. The number of nitrogens with zero attached hydrogens (tertiary/aromatic N) is 5. The van der Waals surface area contributed by atoms with E-state index in [2.05, 4.69) is 10.1 Å². The van der Waals surface area contributed by atoms with E-state index in [0.29, 0.717) is 15.3 Å². The first-order chi connectivity index (χ1) is 17.7. The molecular weight excluding hydrogens is 470 g/mol. The number of aryl methyl sites for hydroxylation is 1. The lowest BCUT2D eigenvalue weighted by molar-refractivity contribution is 0.294. The smallest absolute Gasteiger partial charge is 0.291 e. The van der Waals surface area contributed by atoms with Crippen LogP contribution in [0.2, 0.25) is 0 Å². The lowest BCUT2D eigenvalue weighted by atomic mass is 10.1.